The summed E-state index contributed by atoms with van der Waals surface area (Å²) >= 11 is 0. The lowest BCUT2D eigenvalue weighted by molar-refractivity contribution is 0.603. The number of aromatic nitrogens is 2. The zero-order valence-corrected chi connectivity index (χ0v) is 22.2. The van der Waals surface area contributed by atoms with Gasteiger partial charge in [0, 0.05) is 27.6 Å². The van der Waals surface area contributed by atoms with Crippen molar-refractivity contribution in [2.24, 2.45) is 0 Å². The standard InChI is InChI=1S/C38H24N2O/c1-2-10-27(11-3-1)35-23-29-12-5-7-14-32(29)37(40-35)28-19-17-26(18-20-28)31-22-21-25-9-4-6-13-30(25)36(31)33-15-8-16-34-38(33)41-24-39-34/h1-24H. The molecule has 3 nitrogen and oxygen atoms in total. The third-order valence-electron chi connectivity index (χ3n) is 7.83. The molecule has 8 aromatic rings. The first-order valence-electron chi connectivity index (χ1n) is 13.7. The van der Waals surface area contributed by atoms with Crippen LogP contribution in [0, 0.1) is 0 Å². The molecule has 0 bridgehead atoms. The minimum absolute atomic E-state index is 0.801. The zero-order chi connectivity index (χ0) is 27.2. The molecule has 192 valence electrons. The SMILES string of the molecule is c1ccc(-c2cc3ccccc3c(-c3ccc(-c4ccc5ccccc5c4-c4cccc5ncoc45)cc3)n2)cc1. The number of pyridine rings is 1. The van der Waals surface area contributed by atoms with Crippen LogP contribution in [0.3, 0.4) is 0 Å². The van der Waals surface area contributed by atoms with Crippen molar-refractivity contribution in [1.29, 1.82) is 0 Å². The average molecular weight is 525 g/mol. The van der Waals surface area contributed by atoms with Gasteiger partial charge in [0.15, 0.2) is 12.0 Å². The van der Waals surface area contributed by atoms with E-state index in [0.29, 0.717) is 0 Å². The van der Waals surface area contributed by atoms with Crippen molar-refractivity contribution in [2.75, 3.05) is 0 Å². The first kappa shape index (κ1) is 23.4. The van der Waals surface area contributed by atoms with Gasteiger partial charge in [-0.25, -0.2) is 9.97 Å². The summed E-state index contributed by atoms with van der Waals surface area (Å²) in [5.41, 5.74) is 10.3. The van der Waals surface area contributed by atoms with E-state index in [2.05, 4.69) is 126 Å². The van der Waals surface area contributed by atoms with Crippen LogP contribution >= 0.6 is 0 Å². The van der Waals surface area contributed by atoms with Crippen molar-refractivity contribution in [2.45, 2.75) is 0 Å². The molecule has 0 aliphatic heterocycles. The summed E-state index contributed by atoms with van der Waals surface area (Å²) in [4.78, 5) is 9.57. The van der Waals surface area contributed by atoms with Crippen molar-refractivity contribution in [3.63, 3.8) is 0 Å². The Morgan fingerprint density at radius 2 is 1.22 bits per heavy atom. The molecule has 0 aliphatic rings. The van der Waals surface area contributed by atoms with Gasteiger partial charge in [-0.2, -0.15) is 0 Å². The van der Waals surface area contributed by atoms with E-state index in [9.17, 15) is 0 Å². The molecule has 0 fully saturated rings. The fraction of sp³-hybridized carbons (Fsp3) is 0. The highest BCUT2D eigenvalue weighted by atomic mass is 16.3. The predicted octanol–water partition coefficient (Wildman–Crippen LogP) is 10.2. The Labute approximate surface area is 237 Å². The van der Waals surface area contributed by atoms with Crippen molar-refractivity contribution in [1.82, 2.24) is 9.97 Å². The van der Waals surface area contributed by atoms with E-state index in [1.807, 2.05) is 18.2 Å². The van der Waals surface area contributed by atoms with E-state index in [1.54, 1.807) is 0 Å². The van der Waals surface area contributed by atoms with E-state index < -0.39 is 0 Å². The van der Waals surface area contributed by atoms with Crippen LogP contribution in [0.5, 0.6) is 0 Å². The Bertz CT molecular complexity index is 2200. The lowest BCUT2D eigenvalue weighted by Gasteiger charge is -2.15. The largest absolute Gasteiger partial charge is 0.443 e. The summed E-state index contributed by atoms with van der Waals surface area (Å²) < 4.78 is 5.89. The van der Waals surface area contributed by atoms with Gasteiger partial charge in [0.2, 0.25) is 0 Å². The van der Waals surface area contributed by atoms with Crippen LogP contribution in [0.25, 0.3) is 77.4 Å². The van der Waals surface area contributed by atoms with Crippen LogP contribution in [0.2, 0.25) is 0 Å². The number of hydrogen-bond acceptors (Lipinski definition) is 3. The molecule has 41 heavy (non-hydrogen) atoms. The third-order valence-corrected chi connectivity index (χ3v) is 7.83. The maximum absolute atomic E-state index is 5.89. The van der Waals surface area contributed by atoms with Gasteiger partial charge in [0.1, 0.15) is 5.52 Å². The molecule has 2 aromatic heterocycles. The number of oxazole rings is 1. The van der Waals surface area contributed by atoms with Gasteiger partial charge in [0.25, 0.3) is 0 Å². The maximum atomic E-state index is 5.89. The van der Waals surface area contributed by atoms with E-state index >= 15 is 0 Å². The molecule has 0 atom stereocenters. The zero-order valence-electron chi connectivity index (χ0n) is 22.2. The molecular weight excluding hydrogens is 500 g/mol. The second kappa shape index (κ2) is 9.58. The summed E-state index contributed by atoms with van der Waals surface area (Å²) in [6.07, 6.45) is 1.52. The number of benzene rings is 6. The Kier molecular flexibility index (Phi) is 5.46. The summed E-state index contributed by atoms with van der Waals surface area (Å²) in [6, 6.07) is 48.9. The Morgan fingerprint density at radius 3 is 2.07 bits per heavy atom. The summed E-state index contributed by atoms with van der Waals surface area (Å²) in [5.74, 6) is 0. The van der Waals surface area contributed by atoms with Gasteiger partial charge in [-0.05, 0) is 39.4 Å². The molecule has 0 spiro atoms. The van der Waals surface area contributed by atoms with Gasteiger partial charge in [-0.3, -0.25) is 0 Å². The van der Waals surface area contributed by atoms with Crippen LogP contribution in [0.1, 0.15) is 0 Å². The van der Waals surface area contributed by atoms with Crippen LogP contribution in [-0.4, -0.2) is 9.97 Å². The average Bonchev–Trinajstić information content (AvgIpc) is 3.54. The van der Waals surface area contributed by atoms with Gasteiger partial charge >= 0.3 is 0 Å². The van der Waals surface area contributed by atoms with E-state index in [1.165, 1.54) is 22.6 Å². The van der Waals surface area contributed by atoms with Gasteiger partial charge < -0.3 is 4.42 Å². The lowest BCUT2D eigenvalue weighted by atomic mass is 9.89. The molecule has 0 radical (unpaired) electrons. The minimum atomic E-state index is 0.801. The molecular formula is C38H24N2O. The van der Waals surface area contributed by atoms with Crippen molar-refractivity contribution >= 4 is 32.6 Å². The highest BCUT2D eigenvalue weighted by molar-refractivity contribution is 6.09. The monoisotopic (exact) mass is 524 g/mol. The summed E-state index contributed by atoms with van der Waals surface area (Å²) in [7, 11) is 0. The number of hydrogen-bond donors (Lipinski definition) is 0. The molecule has 0 unspecified atom stereocenters. The predicted molar refractivity (Wildman–Crippen MR) is 169 cm³/mol. The normalized spacial score (nSPS) is 11.4. The van der Waals surface area contributed by atoms with Gasteiger partial charge in [-0.15, -0.1) is 0 Å². The number of nitrogens with zero attached hydrogens (tertiary/aromatic N) is 2. The highest BCUT2D eigenvalue weighted by Crippen LogP contribution is 2.41. The fourth-order valence-corrected chi connectivity index (χ4v) is 5.87. The second-order valence-corrected chi connectivity index (χ2v) is 10.2. The summed E-state index contributed by atoms with van der Waals surface area (Å²) in [6.45, 7) is 0. The van der Waals surface area contributed by atoms with Crippen LogP contribution in [0.4, 0.5) is 0 Å². The number of fused-ring (bicyclic) bond motifs is 3. The molecule has 8 rings (SSSR count). The summed E-state index contributed by atoms with van der Waals surface area (Å²) in [5, 5.41) is 4.69. The molecule has 0 saturated carbocycles. The molecule has 2 heterocycles. The van der Waals surface area contributed by atoms with Crippen molar-refractivity contribution in [3.8, 4) is 44.8 Å². The number of rotatable bonds is 4. The van der Waals surface area contributed by atoms with Crippen molar-refractivity contribution < 1.29 is 4.42 Å². The van der Waals surface area contributed by atoms with Crippen LogP contribution in [0.15, 0.2) is 150 Å². The van der Waals surface area contributed by atoms with E-state index in [4.69, 9.17) is 9.40 Å². The van der Waals surface area contributed by atoms with Gasteiger partial charge in [0.05, 0.1) is 11.4 Å². The van der Waals surface area contributed by atoms with Crippen LogP contribution in [-0.2, 0) is 0 Å². The van der Waals surface area contributed by atoms with E-state index in [-0.39, 0.29) is 0 Å². The topological polar surface area (TPSA) is 38.9 Å². The maximum Gasteiger partial charge on any atom is 0.182 e. The minimum Gasteiger partial charge on any atom is -0.443 e. The van der Waals surface area contributed by atoms with Crippen molar-refractivity contribution in [3.05, 3.63) is 146 Å². The highest BCUT2D eigenvalue weighted by Gasteiger charge is 2.17. The number of para-hydroxylation sites is 1. The van der Waals surface area contributed by atoms with Crippen LogP contribution < -0.4 is 0 Å². The van der Waals surface area contributed by atoms with E-state index in [0.717, 1.165) is 61.3 Å². The molecule has 6 aromatic carbocycles. The Hall–Kier alpha value is -5.54. The first-order valence-corrected chi connectivity index (χ1v) is 13.7. The molecule has 3 heteroatoms. The Morgan fingerprint density at radius 1 is 0.488 bits per heavy atom. The third kappa shape index (κ3) is 3.98. The Balaban J connectivity index is 1.31. The quantitative estimate of drug-likeness (QED) is 0.230. The molecule has 0 N–H and O–H groups in total. The lowest BCUT2D eigenvalue weighted by Crippen LogP contribution is -1.92. The molecule has 0 aliphatic carbocycles. The van der Waals surface area contributed by atoms with Gasteiger partial charge in [-0.1, -0.05) is 127 Å². The smallest absolute Gasteiger partial charge is 0.182 e. The fourth-order valence-electron chi connectivity index (χ4n) is 5.87. The first-order chi connectivity index (χ1) is 20.3. The molecule has 0 saturated heterocycles. The molecule has 0 amide bonds. The second-order valence-electron chi connectivity index (χ2n) is 10.2.